The summed E-state index contributed by atoms with van der Waals surface area (Å²) in [6, 6.07) is 20.5. The van der Waals surface area contributed by atoms with Crippen LogP contribution in [0.1, 0.15) is 33.6 Å². The molecule has 46 heavy (non-hydrogen) atoms. The fourth-order valence-electron chi connectivity index (χ4n) is 5.69. The molecule has 10 nitrogen and oxygen atoms in total. The van der Waals surface area contributed by atoms with E-state index in [1.165, 1.54) is 16.7 Å². The number of benzene rings is 3. The van der Waals surface area contributed by atoms with Gasteiger partial charge in [-0.15, -0.1) is 0 Å². The van der Waals surface area contributed by atoms with Crippen LogP contribution in [0.3, 0.4) is 0 Å². The Morgan fingerprint density at radius 1 is 0.935 bits per heavy atom. The lowest BCUT2D eigenvalue weighted by Gasteiger charge is -2.31. The van der Waals surface area contributed by atoms with Gasteiger partial charge >= 0.3 is 10.8 Å². The number of nitrogens with zero attached hydrogens (tertiary/aromatic N) is 3. The molecule has 4 aromatic rings. The molecule has 1 N–H and O–H groups in total. The van der Waals surface area contributed by atoms with Crippen LogP contribution in [0.4, 0.5) is 17.1 Å². The van der Waals surface area contributed by atoms with E-state index < -0.39 is 40.8 Å². The molecule has 13 heteroatoms. The van der Waals surface area contributed by atoms with Gasteiger partial charge in [0, 0.05) is 41.3 Å². The van der Waals surface area contributed by atoms with Crippen LogP contribution >= 0.6 is 34.7 Å². The number of rotatable bonds is 8. The van der Waals surface area contributed by atoms with Crippen LogP contribution in [0.2, 0.25) is 5.02 Å². The fraction of sp³-hybridized carbons (Fsp3) is 0.242. The molecular formula is C33H29ClN4O6S2. The molecule has 3 aromatic carbocycles. The van der Waals surface area contributed by atoms with Crippen molar-refractivity contribution in [1.82, 2.24) is 4.57 Å². The molecule has 1 fully saturated rings. The minimum Gasteiger partial charge on any atom is -0.462 e. The predicted octanol–water partition coefficient (Wildman–Crippen LogP) is 5.24. The highest BCUT2D eigenvalue weighted by Crippen LogP contribution is 2.54. The van der Waals surface area contributed by atoms with Gasteiger partial charge in [0.25, 0.3) is 0 Å². The lowest BCUT2D eigenvalue weighted by atomic mass is 9.83. The first-order valence-corrected chi connectivity index (χ1v) is 16.5. The molecule has 3 unspecified atom stereocenters. The molecule has 3 atom stereocenters. The molecule has 1 saturated heterocycles. The number of fused-ring (bicyclic) bond motifs is 2. The number of aromatic nitrogens is 1. The van der Waals surface area contributed by atoms with E-state index in [-0.39, 0.29) is 18.0 Å². The SMILES string of the molecule is CCOC(=O)c1ccc(N2C(=O)C3Sc4c(sc(=O)n4CC(=O)Nc4ccc(Cl)cc4)C(c4ccc(N(C)C)cc4)C3C2=O)cc1. The second kappa shape index (κ2) is 12.8. The minimum atomic E-state index is -0.845. The van der Waals surface area contributed by atoms with Gasteiger partial charge in [0.05, 0.1) is 28.8 Å². The molecule has 0 aliphatic carbocycles. The van der Waals surface area contributed by atoms with Gasteiger partial charge in [0.15, 0.2) is 0 Å². The minimum absolute atomic E-state index is 0.221. The topological polar surface area (TPSA) is 118 Å². The van der Waals surface area contributed by atoms with Crippen molar-refractivity contribution in [1.29, 1.82) is 0 Å². The standard InChI is InChI=1S/C33H29ClN4O6S2/c1-4-44-32(42)19-7-15-23(16-8-19)38-29(40)26-25(18-5-13-22(14-6-18)36(2)3)28-31(45-27(26)30(38)41)37(33(43)46-28)17-24(39)35-21-11-9-20(34)10-12-21/h5-16,25-27H,4,17H2,1-3H3,(H,35,39). The molecule has 0 saturated carbocycles. The van der Waals surface area contributed by atoms with E-state index in [1.54, 1.807) is 43.3 Å². The third-order valence-corrected chi connectivity index (χ3v) is 10.7. The quantitative estimate of drug-likeness (QED) is 0.199. The van der Waals surface area contributed by atoms with Gasteiger partial charge < -0.3 is 15.0 Å². The molecule has 2 aliphatic heterocycles. The number of nitrogens with one attached hydrogen (secondary N) is 1. The number of thioether (sulfide) groups is 1. The van der Waals surface area contributed by atoms with Gasteiger partial charge in [-0.3, -0.25) is 23.7 Å². The first kappa shape index (κ1) is 31.6. The highest BCUT2D eigenvalue weighted by molar-refractivity contribution is 8.00. The Kier molecular flexibility index (Phi) is 8.78. The van der Waals surface area contributed by atoms with E-state index in [1.807, 2.05) is 43.3 Å². The molecular weight excluding hydrogens is 648 g/mol. The summed E-state index contributed by atoms with van der Waals surface area (Å²) >= 11 is 8.09. The summed E-state index contributed by atoms with van der Waals surface area (Å²) in [4.78, 5) is 70.3. The second-order valence-electron chi connectivity index (χ2n) is 11.0. The summed E-state index contributed by atoms with van der Waals surface area (Å²) in [6.45, 7) is 1.66. The maximum absolute atomic E-state index is 14.2. The number of thiazole rings is 1. The third-order valence-electron chi connectivity index (χ3n) is 7.88. The number of carbonyl (C=O) groups excluding carboxylic acids is 4. The summed E-state index contributed by atoms with van der Waals surface area (Å²) in [5.74, 6) is -3.14. The van der Waals surface area contributed by atoms with Crippen molar-refractivity contribution >= 4 is 75.5 Å². The maximum Gasteiger partial charge on any atom is 0.338 e. The van der Waals surface area contributed by atoms with Crippen LogP contribution in [-0.2, 0) is 25.7 Å². The maximum atomic E-state index is 14.2. The highest BCUT2D eigenvalue weighted by Gasteiger charge is 2.56. The molecule has 3 heterocycles. The number of anilines is 3. The second-order valence-corrected chi connectivity index (χ2v) is 13.5. The van der Waals surface area contributed by atoms with Crippen molar-refractivity contribution in [3.63, 3.8) is 0 Å². The zero-order valence-corrected chi connectivity index (χ0v) is 27.4. The fourth-order valence-corrected chi connectivity index (χ4v) is 8.59. The van der Waals surface area contributed by atoms with Crippen molar-refractivity contribution in [2.24, 2.45) is 5.92 Å². The largest absolute Gasteiger partial charge is 0.462 e. The van der Waals surface area contributed by atoms with Gasteiger partial charge in [-0.25, -0.2) is 9.69 Å². The van der Waals surface area contributed by atoms with E-state index in [0.29, 0.717) is 31.9 Å². The number of imide groups is 1. The van der Waals surface area contributed by atoms with Crippen molar-refractivity contribution < 1.29 is 23.9 Å². The van der Waals surface area contributed by atoms with Crippen LogP contribution in [-0.4, -0.2) is 54.2 Å². The zero-order valence-electron chi connectivity index (χ0n) is 25.1. The summed E-state index contributed by atoms with van der Waals surface area (Å²) < 4.78 is 6.44. The van der Waals surface area contributed by atoms with Crippen LogP contribution in [0.5, 0.6) is 0 Å². The van der Waals surface area contributed by atoms with Crippen molar-refractivity contribution in [3.05, 3.63) is 103 Å². The average Bonchev–Trinajstić information content (AvgIpc) is 3.48. The predicted molar refractivity (Wildman–Crippen MR) is 179 cm³/mol. The molecule has 0 radical (unpaired) electrons. The molecule has 0 bridgehead atoms. The normalized spacial score (nSPS) is 18.6. The summed E-state index contributed by atoms with van der Waals surface area (Å²) in [5.41, 5.74) is 2.90. The Labute approximate surface area is 277 Å². The highest BCUT2D eigenvalue weighted by atomic mass is 35.5. The first-order valence-electron chi connectivity index (χ1n) is 14.4. The van der Waals surface area contributed by atoms with E-state index in [2.05, 4.69) is 5.32 Å². The zero-order chi connectivity index (χ0) is 32.7. The molecule has 6 rings (SSSR count). The lowest BCUT2D eigenvalue weighted by Crippen LogP contribution is -2.33. The van der Waals surface area contributed by atoms with Gasteiger partial charge in [-0.1, -0.05) is 46.8 Å². The first-order chi connectivity index (χ1) is 22.1. The van der Waals surface area contributed by atoms with Crippen LogP contribution in [0, 0.1) is 5.92 Å². The number of hydrogen-bond donors (Lipinski definition) is 1. The Morgan fingerprint density at radius 2 is 1.61 bits per heavy atom. The monoisotopic (exact) mass is 676 g/mol. The number of esters is 1. The number of halogens is 1. The lowest BCUT2D eigenvalue weighted by molar-refractivity contribution is -0.122. The van der Waals surface area contributed by atoms with Crippen molar-refractivity contribution in [2.75, 3.05) is 35.8 Å². The molecule has 3 amide bonds. The number of hydrogen-bond acceptors (Lipinski definition) is 9. The molecule has 2 aliphatic rings. The van der Waals surface area contributed by atoms with E-state index >= 15 is 0 Å². The van der Waals surface area contributed by atoms with E-state index in [4.69, 9.17) is 16.3 Å². The Balaban J connectivity index is 1.38. The average molecular weight is 677 g/mol. The summed E-state index contributed by atoms with van der Waals surface area (Å²) in [6.07, 6.45) is 0. The number of amides is 3. The smallest absolute Gasteiger partial charge is 0.338 e. The van der Waals surface area contributed by atoms with Gasteiger partial charge in [0.2, 0.25) is 17.7 Å². The Morgan fingerprint density at radius 3 is 2.24 bits per heavy atom. The van der Waals surface area contributed by atoms with Crippen LogP contribution < -0.4 is 20.0 Å². The van der Waals surface area contributed by atoms with Crippen LogP contribution in [0.25, 0.3) is 0 Å². The van der Waals surface area contributed by atoms with Crippen molar-refractivity contribution in [3.8, 4) is 0 Å². The molecule has 0 spiro atoms. The van der Waals surface area contributed by atoms with Gasteiger partial charge in [-0.05, 0) is 73.2 Å². The Bertz CT molecular complexity index is 1890. The third kappa shape index (κ3) is 5.83. The number of carbonyl (C=O) groups is 4. The summed E-state index contributed by atoms with van der Waals surface area (Å²) in [5, 5.41) is 2.95. The Hall–Kier alpha value is -4.39. The summed E-state index contributed by atoms with van der Waals surface area (Å²) in [7, 11) is 3.84. The van der Waals surface area contributed by atoms with E-state index in [9.17, 15) is 24.0 Å². The van der Waals surface area contributed by atoms with Gasteiger partial charge in [-0.2, -0.15) is 0 Å². The van der Waals surface area contributed by atoms with E-state index in [0.717, 1.165) is 39.2 Å². The van der Waals surface area contributed by atoms with Gasteiger partial charge in [0.1, 0.15) is 11.8 Å². The van der Waals surface area contributed by atoms with Crippen molar-refractivity contribution in [2.45, 2.75) is 29.7 Å². The number of ether oxygens (including phenoxy) is 1. The molecule has 236 valence electrons. The molecule has 1 aromatic heterocycles. The van der Waals surface area contributed by atoms with Crippen LogP contribution in [0.15, 0.2) is 82.6 Å².